The minimum atomic E-state index is -1.01. The minimum absolute atomic E-state index is 0.135. The van der Waals surface area contributed by atoms with Gasteiger partial charge in [0.2, 0.25) is 5.91 Å². The third kappa shape index (κ3) is 3.08. The highest BCUT2D eigenvalue weighted by molar-refractivity contribution is 6.31. The molecule has 0 spiro atoms. The van der Waals surface area contributed by atoms with Crippen LogP contribution in [0.25, 0.3) is 0 Å². The van der Waals surface area contributed by atoms with Crippen LogP contribution in [0.15, 0.2) is 42.5 Å². The Labute approximate surface area is 154 Å². The van der Waals surface area contributed by atoms with Crippen molar-refractivity contribution in [3.8, 4) is 0 Å². The van der Waals surface area contributed by atoms with Gasteiger partial charge in [-0.25, -0.2) is 4.39 Å². The summed E-state index contributed by atoms with van der Waals surface area (Å²) in [6, 6.07) is 9.20. The first-order valence-electron chi connectivity index (χ1n) is 8.04. The van der Waals surface area contributed by atoms with Gasteiger partial charge in [-0.2, -0.15) is 0 Å². The molecule has 1 heterocycles. The molecule has 2 aromatic rings. The highest BCUT2D eigenvalue weighted by Gasteiger charge is 2.43. The van der Waals surface area contributed by atoms with Crippen molar-refractivity contribution in [2.75, 3.05) is 5.32 Å². The van der Waals surface area contributed by atoms with Gasteiger partial charge in [-0.3, -0.25) is 19.3 Å². The number of carbonyl (C=O) groups is 3. The van der Waals surface area contributed by atoms with E-state index in [4.69, 9.17) is 11.6 Å². The SMILES string of the molecule is CC(C)[C@H](C(=O)Nc1ccc(F)c(Cl)c1)N1C(=O)c2ccccc2C1=O. The highest BCUT2D eigenvalue weighted by Crippen LogP contribution is 2.28. The van der Waals surface area contributed by atoms with E-state index in [0.29, 0.717) is 0 Å². The zero-order chi connectivity index (χ0) is 19.0. The summed E-state index contributed by atoms with van der Waals surface area (Å²) >= 11 is 5.73. The zero-order valence-corrected chi connectivity index (χ0v) is 14.9. The lowest BCUT2D eigenvalue weighted by atomic mass is 10.0. The third-order valence-electron chi connectivity index (χ3n) is 4.19. The topological polar surface area (TPSA) is 66.5 Å². The van der Waals surface area contributed by atoms with E-state index >= 15 is 0 Å². The van der Waals surface area contributed by atoms with Crippen LogP contribution in [0.2, 0.25) is 5.02 Å². The van der Waals surface area contributed by atoms with Crippen molar-refractivity contribution in [1.82, 2.24) is 4.90 Å². The van der Waals surface area contributed by atoms with E-state index < -0.39 is 29.6 Å². The van der Waals surface area contributed by atoms with E-state index in [1.165, 1.54) is 12.1 Å². The quantitative estimate of drug-likeness (QED) is 0.829. The van der Waals surface area contributed by atoms with E-state index in [2.05, 4.69) is 5.32 Å². The number of nitrogens with zero attached hydrogens (tertiary/aromatic N) is 1. The van der Waals surface area contributed by atoms with Crippen LogP contribution in [0, 0.1) is 11.7 Å². The molecule has 1 N–H and O–H groups in total. The summed E-state index contributed by atoms with van der Waals surface area (Å²) in [5, 5.41) is 2.47. The maximum absolute atomic E-state index is 13.3. The molecular formula is C19H16ClFN2O3. The smallest absolute Gasteiger partial charge is 0.262 e. The summed E-state index contributed by atoms with van der Waals surface area (Å²) in [5.41, 5.74) is 0.838. The van der Waals surface area contributed by atoms with Gasteiger partial charge in [0.05, 0.1) is 16.1 Å². The van der Waals surface area contributed by atoms with Gasteiger partial charge in [-0.1, -0.05) is 37.6 Å². The second-order valence-corrected chi connectivity index (χ2v) is 6.74. The van der Waals surface area contributed by atoms with Gasteiger partial charge in [-0.15, -0.1) is 0 Å². The summed E-state index contributed by atoms with van der Waals surface area (Å²) < 4.78 is 13.3. The fourth-order valence-corrected chi connectivity index (χ4v) is 3.15. The third-order valence-corrected chi connectivity index (χ3v) is 4.48. The average molecular weight is 375 g/mol. The van der Waals surface area contributed by atoms with Gasteiger partial charge in [-0.05, 0) is 36.2 Å². The van der Waals surface area contributed by atoms with Crippen molar-refractivity contribution in [2.45, 2.75) is 19.9 Å². The Morgan fingerprint density at radius 3 is 2.15 bits per heavy atom. The van der Waals surface area contributed by atoms with Crippen molar-refractivity contribution in [3.63, 3.8) is 0 Å². The number of hydrogen-bond acceptors (Lipinski definition) is 3. The van der Waals surface area contributed by atoms with Crippen LogP contribution in [0.3, 0.4) is 0 Å². The molecule has 0 aliphatic carbocycles. The van der Waals surface area contributed by atoms with E-state index in [9.17, 15) is 18.8 Å². The Morgan fingerprint density at radius 2 is 1.65 bits per heavy atom. The molecule has 1 atom stereocenters. The number of amides is 3. The van der Waals surface area contributed by atoms with Crippen molar-refractivity contribution >= 4 is 35.0 Å². The Morgan fingerprint density at radius 1 is 1.08 bits per heavy atom. The van der Waals surface area contributed by atoms with Crippen LogP contribution in [0.1, 0.15) is 34.6 Å². The van der Waals surface area contributed by atoms with Gasteiger partial charge in [0, 0.05) is 5.69 Å². The largest absolute Gasteiger partial charge is 0.324 e. The summed E-state index contributed by atoms with van der Waals surface area (Å²) in [7, 11) is 0. The molecule has 7 heteroatoms. The fourth-order valence-electron chi connectivity index (χ4n) is 2.97. The van der Waals surface area contributed by atoms with Crippen LogP contribution in [-0.2, 0) is 4.79 Å². The number of imide groups is 1. The summed E-state index contributed by atoms with van der Waals surface area (Å²) in [5.74, 6) is -2.48. The number of fused-ring (bicyclic) bond motifs is 1. The molecule has 5 nitrogen and oxygen atoms in total. The first-order chi connectivity index (χ1) is 12.3. The minimum Gasteiger partial charge on any atom is -0.324 e. The van der Waals surface area contributed by atoms with Gasteiger partial charge >= 0.3 is 0 Å². The predicted octanol–water partition coefficient (Wildman–Crippen LogP) is 3.74. The first-order valence-corrected chi connectivity index (χ1v) is 8.42. The molecule has 3 amide bonds. The molecule has 0 fully saturated rings. The van der Waals surface area contributed by atoms with Crippen molar-refractivity contribution in [1.29, 1.82) is 0 Å². The second kappa shape index (κ2) is 6.88. The molecule has 0 aromatic heterocycles. The van der Waals surface area contributed by atoms with Crippen molar-refractivity contribution in [2.24, 2.45) is 5.92 Å². The van der Waals surface area contributed by atoms with E-state index in [0.717, 1.165) is 11.0 Å². The molecule has 2 aromatic carbocycles. The standard InChI is InChI=1S/C19H16ClFN2O3/c1-10(2)16(17(24)22-11-7-8-15(21)14(20)9-11)23-18(25)12-5-3-4-6-13(12)19(23)26/h3-10,16H,1-2H3,(H,22,24)/t16-/m1/s1. The van der Waals surface area contributed by atoms with E-state index in [1.807, 2.05) is 0 Å². The molecule has 0 radical (unpaired) electrons. The van der Waals surface area contributed by atoms with Crippen molar-refractivity contribution in [3.05, 3.63) is 64.4 Å². The van der Waals surface area contributed by atoms with Crippen molar-refractivity contribution < 1.29 is 18.8 Å². The lowest BCUT2D eigenvalue weighted by Gasteiger charge is -2.28. The fraction of sp³-hybridized carbons (Fsp3) is 0.211. The Hall–Kier alpha value is -2.73. The molecule has 3 rings (SSSR count). The molecular weight excluding hydrogens is 359 g/mol. The van der Waals surface area contributed by atoms with Gasteiger partial charge in [0.15, 0.2) is 0 Å². The molecule has 1 aliphatic heterocycles. The normalized spacial score (nSPS) is 14.6. The molecule has 134 valence electrons. The van der Waals surface area contributed by atoms with Crippen LogP contribution >= 0.6 is 11.6 Å². The monoisotopic (exact) mass is 374 g/mol. The summed E-state index contributed by atoms with van der Waals surface area (Å²) in [6.45, 7) is 3.48. The number of benzene rings is 2. The molecule has 0 saturated heterocycles. The zero-order valence-electron chi connectivity index (χ0n) is 14.1. The lowest BCUT2D eigenvalue weighted by molar-refractivity contribution is -0.121. The Kier molecular flexibility index (Phi) is 4.78. The lowest BCUT2D eigenvalue weighted by Crippen LogP contribution is -2.50. The van der Waals surface area contributed by atoms with E-state index in [-0.39, 0.29) is 27.8 Å². The number of carbonyl (C=O) groups excluding carboxylic acids is 3. The molecule has 0 unspecified atom stereocenters. The second-order valence-electron chi connectivity index (χ2n) is 6.33. The molecule has 0 bridgehead atoms. The molecule has 26 heavy (non-hydrogen) atoms. The Bertz CT molecular complexity index is 878. The van der Waals surface area contributed by atoms with Crippen LogP contribution in [0.4, 0.5) is 10.1 Å². The number of hydrogen-bond donors (Lipinski definition) is 1. The Balaban J connectivity index is 1.90. The van der Waals surface area contributed by atoms with Crippen LogP contribution < -0.4 is 5.32 Å². The number of halogens is 2. The van der Waals surface area contributed by atoms with Gasteiger partial charge in [0.25, 0.3) is 11.8 Å². The molecule has 0 saturated carbocycles. The maximum Gasteiger partial charge on any atom is 0.262 e. The number of nitrogens with one attached hydrogen (secondary N) is 1. The van der Waals surface area contributed by atoms with Gasteiger partial charge in [0.1, 0.15) is 11.9 Å². The van der Waals surface area contributed by atoms with E-state index in [1.54, 1.807) is 38.1 Å². The number of anilines is 1. The highest BCUT2D eigenvalue weighted by atomic mass is 35.5. The first kappa shape index (κ1) is 18.1. The number of rotatable bonds is 4. The molecule has 1 aliphatic rings. The summed E-state index contributed by atoms with van der Waals surface area (Å²) in [6.07, 6.45) is 0. The maximum atomic E-state index is 13.3. The average Bonchev–Trinajstić information content (AvgIpc) is 2.84. The predicted molar refractivity (Wildman–Crippen MR) is 95.6 cm³/mol. The van der Waals surface area contributed by atoms with Crippen LogP contribution in [-0.4, -0.2) is 28.7 Å². The summed E-state index contributed by atoms with van der Waals surface area (Å²) in [4.78, 5) is 39.1. The van der Waals surface area contributed by atoms with Gasteiger partial charge < -0.3 is 5.32 Å². The van der Waals surface area contributed by atoms with Crippen LogP contribution in [0.5, 0.6) is 0 Å².